The molecule has 1 amide bonds. The Labute approximate surface area is 135 Å². The Kier molecular flexibility index (Phi) is 4.47. The standard InChI is InChI=1S/C16H19N3O3S/c20-16(12-23(21,22)15-4-1-2-5-15)18-13-6-8-14(9-7-13)19-11-3-10-17-19/h3,6-11,15H,1-2,4-5,12H2,(H,18,20). The average Bonchev–Trinajstić information content (AvgIpc) is 3.21. The van der Waals surface area contributed by atoms with E-state index in [0.29, 0.717) is 18.5 Å². The normalized spacial score (nSPS) is 15.7. The van der Waals surface area contributed by atoms with Crippen LogP contribution in [-0.4, -0.2) is 35.1 Å². The van der Waals surface area contributed by atoms with Gasteiger partial charge in [-0.2, -0.15) is 5.10 Å². The van der Waals surface area contributed by atoms with E-state index >= 15 is 0 Å². The fraction of sp³-hybridized carbons (Fsp3) is 0.375. The molecule has 23 heavy (non-hydrogen) atoms. The Morgan fingerprint density at radius 2 is 1.91 bits per heavy atom. The van der Waals surface area contributed by atoms with Crippen molar-refractivity contribution in [2.24, 2.45) is 0 Å². The highest BCUT2D eigenvalue weighted by Gasteiger charge is 2.30. The first kappa shape index (κ1) is 15.7. The van der Waals surface area contributed by atoms with Gasteiger partial charge in [0.05, 0.1) is 10.9 Å². The van der Waals surface area contributed by atoms with Crippen LogP contribution in [0.15, 0.2) is 42.7 Å². The third-order valence-electron chi connectivity index (χ3n) is 4.06. The summed E-state index contributed by atoms with van der Waals surface area (Å²) in [4.78, 5) is 12.0. The van der Waals surface area contributed by atoms with Crippen LogP contribution in [0.5, 0.6) is 0 Å². The monoisotopic (exact) mass is 333 g/mol. The van der Waals surface area contributed by atoms with Crippen LogP contribution in [0.1, 0.15) is 25.7 Å². The molecule has 1 saturated carbocycles. The summed E-state index contributed by atoms with van der Waals surface area (Å²) in [6, 6.07) is 8.92. The maximum atomic E-state index is 12.2. The lowest BCUT2D eigenvalue weighted by molar-refractivity contribution is -0.113. The van der Waals surface area contributed by atoms with Crippen molar-refractivity contribution >= 4 is 21.4 Å². The Hall–Kier alpha value is -2.15. The van der Waals surface area contributed by atoms with Crippen LogP contribution < -0.4 is 5.32 Å². The quantitative estimate of drug-likeness (QED) is 0.909. The molecule has 0 bridgehead atoms. The van der Waals surface area contributed by atoms with Gasteiger partial charge in [-0.1, -0.05) is 12.8 Å². The summed E-state index contributed by atoms with van der Waals surface area (Å²) < 4.78 is 26.0. The molecule has 1 N–H and O–H groups in total. The third kappa shape index (κ3) is 3.79. The molecule has 0 unspecified atom stereocenters. The Morgan fingerprint density at radius 3 is 2.52 bits per heavy atom. The zero-order valence-electron chi connectivity index (χ0n) is 12.7. The van der Waals surface area contributed by atoms with Gasteiger partial charge in [-0.15, -0.1) is 0 Å². The van der Waals surface area contributed by atoms with Gasteiger partial charge in [-0.05, 0) is 43.2 Å². The lowest BCUT2D eigenvalue weighted by atomic mass is 10.3. The Balaban J connectivity index is 1.61. The molecule has 0 atom stereocenters. The number of nitrogens with one attached hydrogen (secondary N) is 1. The summed E-state index contributed by atoms with van der Waals surface area (Å²) in [6.45, 7) is 0. The molecule has 0 spiro atoms. The van der Waals surface area contributed by atoms with E-state index in [4.69, 9.17) is 0 Å². The van der Waals surface area contributed by atoms with E-state index in [2.05, 4.69) is 10.4 Å². The summed E-state index contributed by atoms with van der Waals surface area (Å²) in [5.41, 5.74) is 1.44. The highest BCUT2D eigenvalue weighted by molar-refractivity contribution is 7.92. The van der Waals surface area contributed by atoms with Gasteiger partial charge in [-0.25, -0.2) is 13.1 Å². The Bertz CT molecular complexity index is 761. The molecular formula is C16H19N3O3S. The van der Waals surface area contributed by atoms with Crippen LogP contribution in [0.3, 0.4) is 0 Å². The number of sulfone groups is 1. The van der Waals surface area contributed by atoms with Crippen molar-refractivity contribution in [3.8, 4) is 5.69 Å². The number of carbonyl (C=O) groups is 1. The second-order valence-corrected chi connectivity index (χ2v) is 8.04. The molecule has 0 aliphatic heterocycles. The number of amides is 1. The molecule has 1 aliphatic carbocycles. The maximum Gasteiger partial charge on any atom is 0.239 e. The number of carbonyl (C=O) groups excluding carboxylic acids is 1. The number of hydrogen-bond acceptors (Lipinski definition) is 4. The summed E-state index contributed by atoms with van der Waals surface area (Å²) in [6.07, 6.45) is 6.72. The fourth-order valence-electron chi connectivity index (χ4n) is 2.86. The number of aromatic nitrogens is 2. The van der Waals surface area contributed by atoms with E-state index in [9.17, 15) is 13.2 Å². The molecule has 1 heterocycles. The number of hydrogen-bond donors (Lipinski definition) is 1. The first-order chi connectivity index (χ1) is 11.0. The van der Waals surface area contributed by atoms with Gasteiger partial charge in [0.25, 0.3) is 0 Å². The van der Waals surface area contributed by atoms with Crippen LogP contribution in [0, 0.1) is 0 Å². The molecule has 1 fully saturated rings. The Morgan fingerprint density at radius 1 is 1.22 bits per heavy atom. The van der Waals surface area contributed by atoms with Crippen LogP contribution in [0.4, 0.5) is 5.69 Å². The van der Waals surface area contributed by atoms with Gasteiger partial charge in [0, 0.05) is 18.1 Å². The summed E-state index contributed by atoms with van der Waals surface area (Å²) in [5, 5.41) is 6.41. The lowest BCUT2D eigenvalue weighted by Crippen LogP contribution is -2.29. The van der Waals surface area contributed by atoms with Gasteiger partial charge < -0.3 is 5.32 Å². The van der Waals surface area contributed by atoms with E-state index in [-0.39, 0.29) is 5.25 Å². The topological polar surface area (TPSA) is 81.1 Å². The molecule has 122 valence electrons. The third-order valence-corrected chi connectivity index (χ3v) is 6.21. The lowest BCUT2D eigenvalue weighted by Gasteiger charge is -2.11. The van der Waals surface area contributed by atoms with Crippen LogP contribution in [0.2, 0.25) is 0 Å². The molecule has 1 aliphatic rings. The van der Waals surface area contributed by atoms with E-state index in [0.717, 1.165) is 18.5 Å². The summed E-state index contributed by atoms with van der Waals surface area (Å²) in [5.74, 6) is -0.929. The number of nitrogens with zero attached hydrogens (tertiary/aromatic N) is 2. The largest absolute Gasteiger partial charge is 0.325 e. The van der Waals surface area contributed by atoms with Crippen molar-refractivity contribution in [2.45, 2.75) is 30.9 Å². The van der Waals surface area contributed by atoms with E-state index in [1.165, 1.54) is 0 Å². The molecule has 1 aromatic heterocycles. The van der Waals surface area contributed by atoms with Crippen molar-refractivity contribution in [1.82, 2.24) is 9.78 Å². The fourth-order valence-corrected chi connectivity index (χ4v) is 4.59. The minimum Gasteiger partial charge on any atom is -0.325 e. The molecule has 6 nitrogen and oxygen atoms in total. The van der Waals surface area contributed by atoms with Crippen molar-refractivity contribution in [2.75, 3.05) is 11.1 Å². The number of rotatable bonds is 5. The first-order valence-electron chi connectivity index (χ1n) is 7.66. The molecular weight excluding hydrogens is 314 g/mol. The SMILES string of the molecule is O=C(CS(=O)(=O)C1CCCC1)Nc1ccc(-n2cccn2)cc1. The van der Waals surface area contributed by atoms with Gasteiger partial charge in [-0.3, -0.25) is 4.79 Å². The van der Waals surface area contributed by atoms with Gasteiger partial charge in [0.1, 0.15) is 5.75 Å². The molecule has 0 saturated heterocycles. The van der Waals surface area contributed by atoms with E-state index in [1.54, 1.807) is 23.0 Å². The number of anilines is 1. The second-order valence-electron chi connectivity index (χ2n) is 5.76. The molecule has 0 radical (unpaired) electrons. The smallest absolute Gasteiger partial charge is 0.239 e. The van der Waals surface area contributed by atoms with Crippen LogP contribution in [0.25, 0.3) is 5.69 Å². The van der Waals surface area contributed by atoms with Crippen molar-refractivity contribution in [3.05, 3.63) is 42.7 Å². The van der Waals surface area contributed by atoms with Gasteiger partial charge >= 0.3 is 0 Å². The molecule has 7 heteroatoms. The van der Waals surface area contributed by atoms with Gasteiger partial charge in [0.15, 0.2) is 9.84 Å². The second kappa shape index (κ2) is 6.54. The molecule has 1 aromatic carbocycles. The highest BCUT2D eigenvalue weighted by Crippen LogP contribution is 2.25. The molecule has 2 aromatic rings. The highest BCUT2D eigenvalue weighted by atomic mass is 32.2. The van der Waals surface area contributed by atoms with Gasteiger partial charge in [0.2, 0.25) is 5.91 Å². The zero-order valence-corrected chi connectivity index (χ0v) is 13.5. The predicted octanol–water partition coefficient (Wildman–Crippen LogP) is 2.17. The van der Waals surface area contributed by atoms with Crippen LogP contribution in [-0.2, 0) is 14.6 Å². The minimum absolute atomic E-state index is 0.351. The van der Waals surface area contributed by atoms with E-state index in [1.807, 2.05) is 24.4 Å². The summed E-state index contributed by atoms with van der Waals surface area (Å²) >= 11 is 0. The average molecular weight is 333 g/mol. The van der Waals surface area contributed by atoms with Crippen LogP contribution >= 0.6 is 0 Å². The summed E-state index contributed by atoms with van der Waals surface area (Å²) in [7, 11) is -3.35. The van der Waals surface area contributed by atoms with Crippen molar-refractivity contribution in [1.29, 1.82) is 0 Å². The van der Waals surface area contributed by atoms with Crippen molar-refractivity contribution in [3.63, 3.8) is 0 Å². The number of benzene rings is 1. The minimum atomic E-state index is -3.35. The van der Waals surface area contributed by atoms with Crippen molar-refractivity contribution < 1.29 is 13.2 Å². The maximum absolute atomic E-state index is 12.2. The first-order valence-corrected chi connectivity index (χ1v) is 9.38. The molecule has 3 rings (SSSR count). The zero-order chi connectivity index (χ0) is 16.3. The predicted molar refractivity (Wildman–Crippen MR) is 88.2 cm³/mol. The van der Waals surface area contributed by atoms with E-state index < -0.39 is 21.5 Å².